The molecule has 0 radical (unpaired) electrons. The molecule has 0 saturated heterocycles. The molecule has 12 nitrogen and oxygen atoms in total. The number of ether oxygens (including phenoxy) is 6. The Morgan fingerprint density at radius 3 is 1.20 bits per heavy atom. The Hall–Kier alpha value is -4.68. The fourth-order valence-electron chi connectivity index (χ4n) is 5.83. The van der Waals surface area contributed by atoms with Crippen LogP contribution in [0, 0.1) is 0 Å². The summed E-state index contributed by atoms with van der Waals surface area (Å²) in [5, 5.41) is 0. The van der Waals surface area contributed by atoms with Gasteiger partial charge in [0.15, 0.2) is 11.1 Å². The highest BCUT2D eigenvalue weighted by molar-refractivity contribution is 5.87. The number of esters is 2. The predicted molar refractivity (Wildman–Crippen MR) is 206 cm³/mol. The second-order valence-corrected chi connectivity index (χ2v) is 15.0. The monoisotopic (exact) mass is 752 g/mol. The van der Waals surface area contributed by atoms with Crippen LogP contribution in [-0.2, 0) is 50.9 Å². The van der Waals surface area contributed by atoms with E-state index in [4.69, 9.17) is 28.4 Å². The van der Waals surface area contributed by atoms with Crippen molar-refractivity contribution in [1.29, 1.82) is 0 Å². The van der Waals surface area contributed by atoms with Crippen LogP contribution in [0.5, 0.6) is 0 Å². The summed E-state index contributed by atoms with van der Waals surface area (Å²) < 4.78 is 33.9. The highest BCUT2D eigenvalue weighted by atomic mass is 16.6. The highest BCUT2D eigenvalue weighted by Crippen LogP contribution is 2.32. The van der Waals surface area contributed by atoms with Gasteiger partial charge in [0.25, 0.3) is 0 Å². The van der Waals surface area contributed by atoms with Crippen LogP contribution in [0.25, 0.3) is 0 Å². The van der Waals surface area contributed by atoms with E-state index in [0.29, 0.717) is 12.8 Å². The van der Waals surface area contributed by atoms with Gasteiger partial charge >= 0.3 is 24.1 Å². The molecule has 0 unspecified atom stereocenters. The van der Waals surface area contributed by atoms with Gasteiger partial charge in [-0.1, -0.05) is 72.8 Å². The van der Waals surface area contributed by atoms with E-state index in [1.807, 2.05) is 60.7 Å². The molecule has 2 amide bonds. The van der Waals surface area contributed by atoms with E-state index in [9.17, 15) is 19.2 Å². The smallest absolute Gasteiger partial charge is 0.413 e. The normalized spacial score (nSPS) is 13.7. The molecule has 2 rings (SSSR count). The van der Waals surface area contributed by atoms with Gasteiger partial charge in [0.2, 0.25) is 0 Å². The van der Waals surface area contributed by atoms with Crippen LogP contribution in [0.4, 0.5) is 9.59 Å². The Balaban J connectivity index is 2.30. The standard InChI is InChI=1S/C42H60N2O10/c1-11-25-41(29-33-21-15-13-16-22-33,43(31-49-9)37(47)53-39(3,4)5)35(45)51-27-19-20-28-52-36(46)42(26-12-2,30-34-23-17-14-18-24-34)44(32-50-10)38(48)54-40(6,7)8/h11-18,21-24H,1-2,19-20,25-32H2,3-10H3/t41-,42-/m0/s1. The largest absolute Gasteiger partial charge is 0.464 e. The Labute approximate surface area is 321 Å². The van der Waals surface area contributed by atoms with E-state index >= 15 is 0 Å². The molecule has 0 N–H and O–H groups in total. The van der Waals surface area contributed by atoms with Gasteiger partial charge in [-0.15, -0.1) is 13.2 Å². The summed E-state index contributed by atoms with van der Waals surface area (Å²) >= 11 is 0. The molecule has 2 aromatic rings. The minimum atomic E-state index is -1.54. The molecule has 2 aromatic carbocycles. The Morgan fingerprint density at radius 2 is 0.926 bits per heavy atom. The zero-order valence-corrected chi connectivity index (χ0v) is 33.4. The fourth-order valence-corrected chi connectivity index (χ4v) is 5.83. The molecule has 2 atom stereocenters. The van der Waals surface area contributed by atoms with Crippen molar-refractivity contribution in [2.75, 3.05) is 40.9 Å². The van der Waals surface area contributed by atoms with Crippen molar-refractivity contribution in [3.63, 3.8) is 0 Å². The van der Waals surface area contributed by atoms with Gasteiger partial charge in [0.05, 0.1) is 13.2 Å². The van der Waals surface area contributed by atoms with E-state index in [-0.39, 0.29) is 52.4 Å². The lowest BCUT2D eigenvalue weighted by Gasteiger charge is -2.41. The van der Waals surface area contributed by atoms with Crippen molar-refractivity contribution in [1.82, 2.24) is 9.80 Å². The molecule has 0 bridgehead atoms. The van der Waals surface area contributed by atoms with Crippen LogP contribution in [0.3, 0.4) is 0 Å². The molecule has 0 aliphatic carbocycles. The molecule has 0 fully saturated rings. The molecule has 298 valence electrons. The number of methoxy groups -OCH3 is 2. The average molecular weight is 753 g/mol. The van der Waals surface area contributed by atoms with E-state index in [1.54, 1.807) is 53.7 Å². The van der Waals surface area contributed by atoms with Crippen LogP contribution in [0.1, 0.15) is 78.4 Å². The number of unbranched alkanes of at least 4 members (excludes halogenated alkanes) is 1. The van der Waals surface area contributed by atoms with Gasteiger partial charge in [0, 0.05) is 27.1 Å². The van der Waals surface area contributed by atoms with Crippen LogP contribution >= 0.6 is 0 Å². The predicted octanol–water partition coefficient (Wildman–Crippen LogP) is 7.65. The number of hydrogen-bond donors (Lipinski definition) is 0. The minimum absolute atomic E-state index is 0.0330. The zero-order valence-electron chi connectivity index (χ0n) is 33.4. The van der Waals surface area contributed by atoms with Crippen molar-refractivity contribution in [3.8, 4) is 0 Å². The second-order valence-electron chi connectivity index (χ2n) is 15.0. The van der Waals surface area contributed by atoms with Crippen molar-refractivity contribution in [3.05, 3.63) is 97.1 Å². The van der Waals surface area contributed by atoms with Gasteiger partial charge in [-0.3, -0.25) is 9.80 Å². The molecular weight excluding hydrogens is 692 g/mol. The zero-order chi connectivity index (χ0) is 40.4. The van der Waals surface area contributed by atoms with Crippen LogP contribution in [0.2, 0.25) is 0 Å². The lowest BCUT2D eigenvalue weighted by molar-refractivity contribution is -0.163. The molecule has 0 aromatic heterocycles. The van der Waals surface area contributed by atoms with Crippen molar-refractivity contribution < 1.29 is 47.6 Å². The molecular formula is C42H60N2O10. The number of carbonyl (C=O) groups is 4. The van der Waals surface area contributed by atoms with Gasteiger partial charge in [-0.25, -0.2) is 19.2 Å². The van der Waals surface area contributed by atoms with Crippen LogP contribution in [-0.4, -0.2) is 97.1 Å². The maximum atomic E-state index is 14.1. The summed E-state index contributed by atoms with van der Waals surface area (Å²) in [6, 6.07) is 18.6. The number of carbonyl (C=O) groups excluding carboxylic acids is 4. The summed E-state index contributed by atoms with van der Waals surface area (Å²) in [7, 11) is 2.85. The van der Waals surface area contributed by atoms with Gasteiger partial charge in [-0.2, -0.15) is 0 Å². The molecule has 0 heterocycles. The summed E-state index contributed by atoms with van der Waals surface area (Å²) in [6.07, 6.45) is 2.64. The van der Waals surface area contributed by atoms with Crippen LogP contribution in [0.15, 0.2) is 86.0 Å². The first-order chi connectivity index (χ1) is 25.5. The Bertz CT molecular complexity index is 1390. The van der Waals surface area contributed by atoms with Crippen molar-refractivity contribution in [2.24, 2.45) is 0 Å². The number of benzene rings is 2. The Kier molecular flexibility index (Phi) is 17.9. The van der Waals surface area contributed by atoms with Crippen molar-refractivity contribution in [2.45, 2.75) is 102 Å². The van der Waals surface area contributed by atoms with E-state index in [2.05, 4.69) is 13.2 Å². The number of hydrogen-bond acceptors (Lipinski definition) is 10. The van der Waals surface area contributed by atoms with E-state index in [1.165, 1.54) is 24.0 Å². The van der Waals surface area contributed by atoms with E-state index in [0.717, 1.165) is 11.1 Å². The molecule has 12 heteroatoms. The van der Waals surface area contributed by atoms with Gasteiger partial charge in [-0.05, 0) is 78.4 Å². The first-order valence-corrected chi connectivity index (χ1v) is 18.1. The molecule has 54 heavy (non-hydrogen) atoms. The summed E-state index contributed by atoms with van der Waals surface area (Å²) in [6.45, 7) is 17.6. The molecule has 0 spiro atoms. The summed E-state index contributed by atoms with van der Waals surface area (Å²) in [4.78, 5) is 57.9. The highest BCUT2D eigenvalue weighted by Gasteiger charge is 2.50. The fraction of sp³-hybridized carbons (Fsp3) is 0.524. The molecule has 0 aliphatic rings. The SMILES string of the molecule is C=CC[C@](Cc1ccccc1)(C(=O)OCCCCOC(=O)[C@](CC=C)(Cc1ccccc1)N(COC)C(=O)OC(C)(C)C)N(COC)C(=O)OC(C)(C)C. The summed E-state index contributed by atoms with van der Waals surface area (Å²) in [5.41, 5.74) is -3.17. The first-order valence-electron chi connectivity index (χ1n) is 18.1. The third-order valence-corrected chi connectivity index (χ3v) is 8.19. The number of amides is 2. The second kappa shape index (κ2) is 21.3. The maximum Gasteiger partial charge on any atom is 0.413 e. The minimum Gasteiger partial charge on any atom is -0.464 e. The lowest BCUT2D eigenvalue weighted by Crippen LogP contribution is -2.60. The topological polar surface area (TPSA) is 130 Å². The third kappa shape index (κ3) is 13.6. The lowest BCUT2D eigenvalue weighted by atomic mass is 9.85. The molecule has 0 aliphatic heterocycles. The maximum absolute atomic E-state index is 14.1. The first kappa shape index (κ1) is 45.5. The average Bonchev–Trinajstić information content (AvgIpc) is 3.09. The number of rotatable bonds is 21. The van der Waals surface area contributed by atoms with Gasteiger partial charge in [0.1, 0.15) is 24.7 Å². The quantitative estimate of drug-likeness (QED) is 0.0412. The Morgan fingerprint density at radius 1 is 0.593 bits per heavy atom. The number of nitrogens with zero attached hydrogens (tertiary/aromatic N) is 2. The third-order valence-electron chi connectivity index (χ3n) is 8.19. The van der Waals surface area contributed by atoms with Crippen LogP contribution < -0.4 is 0 Å². The van der Waals surface area contributed by atoms with Gasteiger partial charge < -0.3 is 28.4 Å². The molecule has 0 saturated carbocycles. The summed E-state index contributed by atoms with van der Waals surface area (Å²) in [5.74, 6) is -1.32. The van der Waals surface area contributed by atoms with E-state index < -0.39 is 46.4 Å². The van der Waals surface area contributed by atoms with Crippen molar-refractivity contribution >= 4 is 24.1 Å².